The minimum absolute atomic E-state index is 0.239. The number of carboxylic acid groups (broad SMARTS) is 1. The first-order valence-electron chi connectivity index (χ1n) is 9.98. The van der Waals surface area contributed by atoms with Gasteiger partial charge in [0.1, 0.15) is 5.69 Å². The van der Waals surface area contributed by atoms with Crippen molar-refractivity contribution in [2.45, 2.75) is 25.7 Å². The number of rotatable bonds is 3. The van der Waals surface area contributed by atoms with E-state index in [2.05, 4.69) is 29.2 Å². The Hall–Kier alpha value is -2.99. The summed E-state index contributed by atoms with van der Waals surface area (Å²) < 4.78 is 1.23. The number of thiophene rings is 1. The Balaban J connectivity index is 1.72. The van der Waals surface area contributed by atoms with Crippen molar-refractivity contribution in [3.05, 3.63) is 54.1 Å². The molecule has 0 saturated carbocycles. The molecule has 5 nitrogen and oxygen atoms in total. The molecule has 0 atom stereocenters. The fraction of sp³-hybridized carbons (Fsp3) is 0.261. The zero-order valence-corrected chi connectivity index (χ0v) is 16.8. The lowest BCUT2D eigenvalue weighted by Crippen LogP contribution is -2.26. The van der Waals surface area contributed by atoms with Crippen molar-refractivity contribution in [3.63, 3.8) is 0 Å². The highest BCUT2D eigenvalue weighted by Crippen LogP contribution is 2.38. The Morgan fingerprint density at radius 2 is 1.72 bits per heavy atom. The van der Waals surface area contributed by atoms with Gasteiger partial charge in [-0.3, -0.25) is 0 Å². The first-order chi connectivity index (χ1) is 14.2. The van der Waals surface area contributed by atoms with Gasteiger partial charge in [-0.2, -0.15) is 0 Å². The predicted octanol–water partition coefficient (Wildman–Crippen LogP) is 5.59. The van der Waals surface area contributed by atoms with E-state index in [-0.39, 0.29) is 5.56 Å². The number of nitrogens with zero attached hydrogens (tertiary/aromatic N) is 3. The highest BCUT2D eigenvalue weighted by molar-refractivity contribution is 7.22. The first kappa shape index (κ1) is 18.1. The molecular weight excluding hydrogens is 382 g/mol. The molecule has 29 heavy (non-hydrogen) atoms. The monoisotopic (exact) mass is 403 g/mol. The van der Waals surface area contributed by atoms with Crippen LogP contribution in [-0.4, -0.2) is 34.1 Å². The summed E-state index contributed by atoms with van der Waals surface area (Å²) in [5.41, 5.74) is 2.49. The van der Waals surface area contributed by atoms with Gasteiger partial charge in [-0.1, -0.05) is 31.0 Å². The molecule has 0 aliphatic carbocycles. The summed E-state index contributed by atoms with van der Waals surface area (Å²) >= 11 is 1.73. The molecule has 1 saturated heterocycles. The Kier molecular flexibility index (Phi) is 4.64. The van der Waals surface area contributed by atoms with E-state index >= 15 is 0 Å². The van der Waals surface area contributed by atoms with Gasteiger partial charge in [-0.25, -0.2) is 14.8 Å². The summed E-state index contributed by atoms with van der Waals surface area (Å²) in [6.45, 7) is 1.91. The van der Waals surface area contributed by atoms with E-state index in [4.69, 9.17) is 9.97 Å². The van der Waals surface area contributed by atoms with Crippen molar-refractivity contribution in [2.24, 2.45) is 0 Å². The second-order valence-corrected chi connectivity index (χ2v) is 8.54. The van der Waals surface area contributed by atoms with E-state index in [0.29, 0.717) is 5.52 Å². The minimum atomic E-state index is -0.946. The highest BCUT2D eigenvalue weighted by atomic mass is 32.1. The van der Waals surface area contributed by atoms with Gasteiger partial charge < -0.3 is 10.0 Å². The molecule has 2 aromatic carbocycles. The Bertz CT molecular complexity index is 1180. The molecule has 0 spiro atoms. The molecule has 1 aliphatic rings. The Morgan fingerprint density at radius 3 is 2.48 bits per heavy atom. The molecule has 3 heterocycles. The second kappa shape index (κ2) is 7.44. The largest absolute Gasteiger partial charge is 0.478 e. The number of hydrogen-bond acceptors (Lipinski definition) is 5. The maximum absolute atomic E-state index is 11.4. The Morgan fingerprint density at radius 1 is 0.931 bits per heavy atom. The third-order valence-electron chi connectivity index (χ3n) is 5.46. The van der Waals surface area contributed by atoms with Crippen molar-refractivity contribution in [3.8, 4) is 10.6 Å². The van der Waals surface area contributed by atoms with Crippen LogP contribution in [-0.2, 0) is 0 Å². The van der Waals surface area contributed by atoms with Crippen molar-refractivity contribution < 1.29 is 9.90 Å². The number of benzene rings is 2. The van der Waals surface area contributed by atoms with Crippen LogP contribution in [0.4, 0.5) is 5.82 Å². The molecule has 4 aromatic rings. The topological polar surface area (TPSA) is 66.3 Å². The number of carboxylic acids is 1. The van der Waals surface area contributed by atoms with Crippen LogP contribution in [0.1, 0.15) is 36.0 Å². The zero-order valence-electron chi connectivity index (χ0n) is 16.0. The van der Waals surface area contributed by atoms with Crippen LogP contribution in [0.15, 0.2) is 48.5 Å². The fourth-order valence-corrected chi connectivity index (χ4v) is 4.99. The quantitative estimate of drug-likeness (QED) is 0.483. The van der Waals surface area contributed by atoms with E-state index in [0.717, 1.165) is 47.8 Å². The number of anilines is 1. The molecule has 146 valence electrons. The minimum Gasteiger partial charge on any atom is -0.478 e. The molecule has 5 rings (SSSR count). The van der Waals surface area contributed by atoms with Crippen LogP contribution < -0.4 is 4.90 Å². The van der Waals surface area contributed by atoms with Crippen LogP contribution in [0.5, 0.6) is 0 Å². The Labute approximate surface area is 172 Å². The van der Waals surface area contributed by atoms with Gasteiger partial charge in [-0.05, 0) is 48.6 Å². The van der Waals surface area contributed by atoms with Crippen molar-refractivity contribution >= 4 is 44.2 Å². The number of fused-ring (bicyclic) bond motifs is 2. The number of carbonyl (C=O) groups is 1. The van der Waals surface area contributed by atoms with Crippen LogP contribution in [0, 0.1) is 0 Å². The van der Waals surface area contributed by atoms with E-state index in [1.807, 2.05) is 6.07 Å². The summed E-state index contributed by atoms with van der Waals surface area (Å²) in [6.07, 6.45) is 4.75. The average Bonchev–Trinajstić information content (AvgIpc) is 2.98. The lowest BCUT2D eigenvalue weighted by atomic mass is 10.1. The number of aromatic carboxylic acids is 1. The molecule has 2 aromatic heterocycles. The standard InChI is InChI=1S/C23H21N3O2S/c27-23(28)16-9-10-17-18(13-16)25-22(26-11-5-1-2-6-12-26)21(24-17)20-14-15-7-3-4-8-19(15)29-20/h3-4,7-10,13-14H,1-2,5-6,11-12H2,(H,27,28). The second-order valence-electron chi connectivity index (χ2n) is 7.45. The third kappa shape index (κ3) is 3.44. The van der Waals surface area contributed by atoms with E-state index in [1.165, 1.54) is 22.9 Å². The molecule has 1 aliphatic heterocycles. The summed E-state index contributed by atoms with van der Waals surface area (Å²) in [4.78, 5) is 24.7. The van der Waals surface area contributed by atoms with Crippen molar-refractivity contribution in [1.29, 1.82) is 0 Å². The van der Waals surface area contributed by atoms with Gasteiger partial charge in [-0.15, -0.1) is 11.3 Å². The van der Waals surface area contributed by atoms with Crippen molar-refractivity contribution in [2.75, 3.05) is 18.0 Å². The van der Waals surface area contributed by atoms with Gasteiger partial charge in [0.15, 0.2) is 5.82 Å². The summed E-state index contributed by atoms with van der Waals surface area (Å²) in [5, 5.41) is 10.6. The molecule has 0 amide bonds. The summed E-state index contributed by atoms with van der Waals surface area (Å²) in [7, 11) is 0. The van der Waals surface area contributed by atoms with Gasteiger partial charge in [0.25, 0.3) is 0 Å². The van der Waals surface area contributed by atoms with Gasteiger partial charge in [0, 0.05) is 17.8 Å². The molecule has 1 fully saturated rings. The van der Waals surface area contributed by atoms with Crippen LogP contribution in [0.3, 0.4) is 0 Å². The number of aromatic nitrogens is 2. The zero-order chi connectivity index (χ0) is 19.8. The summed E-state index contributed by atoms with van der Waals surface area (Å²) in [6, 6.07) is 15.5. The van der Waals surface area contributed by atoms with Crippen LogP contribution >= 0.6 is 11.3 Å². The highest BCUT2D eigenvalue weighted by Gasteiger charge is 2.20. The molecule has 0 radical (unpaired) electrons. The van der Waals surface area contributed by atoms with E-state index < -0.39 is 5.97 Å². The van der Waals surface area contributed by atoms with Crippen LogP contribution in [0.2, 0.25) is 0 Å². The fourth-order valence-electron chi connectivity index (χ4n) is 3.94. The van der Waals surface area contributed by atoms with E-state index in [1.54, 1.807) is 29.5 Å². The maximum atomic E-state index is 11.4. The maximum Gasteiger partial charge on any atom is 0.335 e. The number of hydrogen-bond donors (Lipinski definition) is 1. The first-order valence-corrected chi connectivity index (χ1v) is 10.8. The lowest BCUT2D eigenvalue weighted by molar-refractivity contribution is 0.0697. The van der Waals surface area contributed by atoms with Gasteiger partial charge >= 0.3 is 5.97 Å². The van der Waals surface area contributed by atoms with Gasteiger partial charge in [0.2, 0.25) is 0 Å². The predicted molar refractivity (Wildman–Crippen MR) is 118 cm³/mol. The lowest BCUT2D eigenvalue weighted by Gasteiger charge is -2.23. The molecule has 0 bridgehead atoms. The van der Waals surface area contributed by atoms with Gasteiger partial charge in [0.05, 0.1) is 21.5 Å². The molecule has 6 heteroatoms. The molecule has 1 N–H and O–H groups in total. The summed E-state index contributed by atoms with van der Waals surface area (Å²) in [5.74, 6) is -0.0768. The molecular formula is C23H21N3O2S. The normalized spacial score (nSPS) is 15.0. The third-order valence-corrected chi connectivity index (χ3v) is 6.58. The molecule has 0 unspecified atom stereocenters. The average molecular weight is 404 g/mol. The smallest absolute Gasteiger partial charge is 0.335 e. The van der Waals surface area contributed by atoms with Crippen molar-refractivity contribution in [1.82, 2.24) is 9.97 Å². The SMILES string of the molecule is O=C(O)c1ccc2nc(-c3cc4ccccc4s3)c(N3CCCCCC3)nc2c1. The van der Waals surface area contributed by atoms with Crippen LogP contribution in [0.25, 0.3) is 31.7 Å². The van der Waals surface area contributed by atoms with E-state index in [9.17, 15) is 9.90 Å².